The zero-order valence-electron chi connectivity index (χ0n) is 11.5. The minimum atomic E-state index is -0.263. The zero-order valence-corrected chi connectivity index (χ0v) is 11.5. The smallest absolute Gasteiger partial charge is 0.319 e. The third-order valence-corrected chi connectivity index (χ3v) is 2.56. The van der Waals surface area contributed by atoms with Crippen LogP contribution in [0.1, 0.15) is 5.69 Å². The molecule has 0 aliphatic heterocycles. The molecule has 1 aromatic carbocycles. The second kappa shape index (κ2) is 6.51. The zero-order chi connectivity index (χ0) is 14.4. The number of rotatable bonds is 4. The van der Waals surface area contributed by atoms with E-state index in [1.807, 2.05) is 49.3 Å². The highest BCUT2D eigenvalue weighted by molar-refractivity contribution is 5.89. The molecule has 104 valence electrons. The van der Waals surface area contributed by atoms with Gasteiger partial charge in [0.15, 0.2) is 0 Å². The van der Waals surface area contributed by atoms with Crippen molar-refractivity contribution in [3.8, 4) is 0 Å². The van der Waals surface area contributed by atoms with E-state index in [1.165, 1.54) is 0 Å². The van der Waals surface area contributed by atoms with Crippen molar-refractivity contribution in [2.24, 2.45) is 0 Å². The number of carbonyl (C=O) groups is 1. The van der Waals surface area contributed by atoms with Crippen molar-refractivity contribution in [2.75, 3.05) is 24.3 Å². The van der Waals surface area contributed by atoms with Crippen molar-refractivity contribution < 1.29 is 4.79 Å². The lowest BCUT2D eigenvalue weighted by Crippen LogP contribution is -2.28. The largest absolute Gasteiger partial charge is 0.347 e. The molecule has 20 heavy (non-hydrogen) atoms. The number of anilines is 2. The minimum absolute atomic E-state index is 0.263. The second-order valence-electron chi connectivity index (χ2n) is 4.42. The molecule has 0 aliphatic rings. The number of benzene rings is 1. The number of para-hydroxylation sites is 1. The average Bonchev–Trinajstić information content (AvgIpc) is 2.46. The van der Waals surface area contributed by atoms with Gasteiger partial charge in [-0.05, 0) is 18.2 Å². The van der Waals surface area contributed by atoms with Crippen LogP contribution in [-0.4, -0.2) is 30.1 Å². The Morgan fingerprint density at radius 1 is 1.20 bits per heavy atom. The molecule has 0 spiro atoms. The van der Waals surface area contributed by atoms with Gasteiger partial charge in [0.2, 0.25) is 5.95 Å². The molecule has 2 aromatic rings. The van der Waals surface area contributed by atoms with Crippen LogP contribution in [0.4, 0.5) is 16.4 Å². The number of carbonyl (C=O) groups excluding carboxylic acids is 1. The van der Waals surface area contributed by atoms with Gasteiger partial charge < -0.3 is 15.5 Å². The summed E-state index contributed by atoms with van der Waals surface area (Å²) >= 11 is 0. The Hall–Kier alpha value is -2.63. The van der Waals surface area contributed by atoms with Crippen LogP contribution in [0.25, 0.3) is 0 Å². The molecule has 2 N–H and O–H groups in total. The molecule has 6 nitrogen and oxygen atoms in total. The molecule has 0 fully saturated rings. The summed E-state index contributed by atoms with van der Waals surface area (Å²) in [5.74, 6) is 0.618. The molecular formula is C14H17N5O. The predicted molar refractivity (Wildman–Crippen MR) is 78.7 cm³/mol. The van der Waals surface area contributed by atoms with E-state index in [-0.39, 0.29) is 6.03 Å². The maximum absolute atomic E-state index is 11.7. The molecule has 1 heterocycles. The van der Waals surface area contributed by atoms with E-state index < -0.39 is 0 Å². The highest BCUT2D eigenvalue weighted by Crippen LogP contribution is 2.05. The molecule has 2 amide bonds. The first-order chi connectivity index (χ1) is 9.65. The fourth-order valence-electron chi connectivity index (χ4n) is 1.57. The maximum Gasteiger partial charge on any atom is 0.319 e. The van der Waals surface area contributed by atoms with E-state index in [9.17, 15) is 4.79 Å². The Bertz CT molecular complexity index is 571. The Kier molecular flexibility index (Phi) is 4.49. The van der Waals surface area contributed by atoms with Gasteiger partial charge in [0.25, 0.3) is 0 Å². The van der Waals surface area contributed by atoms with Crippen LogP contribution in [0.15, 0.2) is 42.6 Å². The van der Waals surface area contributed by atoms with Gasteiger partial charge in [-0.3, -0.25) is 0 Å². The van der Waals surface area contributed by atoms with Crippen LogP contribution in [0.5, 0.6) is 0 Å². The van der Waals surface area contributed by atoms with E-state index in [1.54, 1.807) is 12.3 Å². The van der Waals surface area contributed by atoms with Crippen LogP contribution >= 0.6 is 0 Å². The highest BCUT2D eigenvalue weighted by Gasteiger charge is 2.04. The number of hydrogen-bond donors (Lipinski definition) is 2. The van der Waals surface area contributed by atoms with Gasteiger partial charge in [-0.1, -0.05) is 18.2 Å². The molecule has 0 unspecified atom stereocenters. The van der Waals surface area contributed by atoms with E-state index in [0.717, 1.165) is 11.4 Å². The van der Waals surface area contributed by atoms with Crippen LogP contribution in [0, 0.1) is 0 Å². The van der Waals surface area contributed by atoms with Crippen LogP contribution in [0.2, 0.25) is 0 Å². The van der Waals surface area contributed by atoms with Gasteiger partial charge >= 0.3 is 6.03 Å². The van der Waals surface area contributed by atoms with Gasteiger partial charge in [0, 0.05) is 26.0 Å². The van der Waals surface area contributed by atoms with Crippen molar-refractivity contribution >= 4 is 17.7 Å². The third kappa shape index (κ3) is 3.94. The standard InChI is InChI=1S/C14H17N5O/c1-19(2)13-15-9-8-12(17-13)10-16-14(20)18-11-6-4-3-5-7-11/h3-9H,10H2,1-2H3,(H2,16,18,20). The predicted octanol–water partition coefficient (Wildman–Crippen LogP) is 1.86. The molecule has 6 heteroatoms. The van der Waals surface area contributed by atoms with Crippen LogP contribution in [-0.2, 0) is 6.54 Å². The molecule has 0 radical (unpaired) electrons. The average molecular weight is 271 g/mol. The summed E-state index contributed by atoms with van der Waals surface area (Å²) in [5.41, 5.74) is 1.51. The monoisotopic (exact) mass is 271 g/mol. The SMILES string of the molecule is CN(C)c1nccc(CNC(=O)Nc2ccccc2)n1. The molecular weight excluding hydrogens is 254 g/mol. The Labute approximate surface area is 117 Å². The number of hydrogen-bond acceptors (Lipinski definition) is 4. The number of aromatic nitrogens is 2. The Balaban J connectivity index is 1.89. The van der Waals surface area contributed by atoms with Crippen molar-refractivity contribution in [3.05, 3.63) is 48.3 Å². The molecule has 0 aliphatic carbocycles. The van der Waals surface area contributed by atoms with Crippen LogP contribution < -0.4 is 15.5 Å². The quantitative estimate of drug-likeness (QED) is 0.890. The van der Waals surface area contributed by atoms with Crippen molar-refractivity contribution in [1.82, 2.24) is 15.3 Å². The van der Waals surface area contributed by atoms with Gasteiger partial charge in [-0.15, -0.1) is 0 Å². The molecule has 0 atom stereocenters. The summed E-state index contributed by atoms with van der Waals surface area (Å²) < 4.78 is 0. The second-order valence-corrected chi connectivity index (χ2v) is 4.42. The molecule has 1 aromatic heterocycles. The topological polar surface area (TPSA) is 70.2 Å². The summed E-state index contributed by atoms with van der Waals surface area (Å²) in [5, 5.41) is 5.50. The summed E-state index contributed by atoms with van der Waals surface area (Å²) in [6, 6.07) is 10.8. The minimum Gasteiger partial charge on any atom is -0.347 e. The van der Waals surface area contributed by atoms with Gasteiger partial charge in [-0.25, -0.2) is 14.8 Å². The van der Waals surface area contributed by atoms with Crippen molar-refractivity contribution in [1.29, 1.82) is 0 Å². The normalized spacial score (nSPS) is 9.90. The van der Waals surface area contributed by atoms with Crippen molar-refractivity contribution in [3.63, 3.8) is 0 Å². The molecule has 0 bridgehead atoms. The molecule has 0 saturated heterocycles. The summed E-state index contributed by atoms with van der Waals surface area (Å²) in [6.07, 6.45) is 1.68. The summed E-state index contributed by atoms with van der Waals surface area (Å²) in [7, 11) is 3.74. The van der Waals surface area contributed by atoms with E-state index >= 15 is 0 Å². The molecule has 0 saturated carbocycles. The van der Waals surface area contributed by atoms with Gasteiger partial charge in [0.1, 0.15) is 0 Å². The molecule has 2 rings (SSSR count). The lowest BCUT2D eigenvalue weighted by molar-refractivity contribution is 0.251. The third-order valence-electron chi connectivity index (χ3n) is 2.56. The fourth-order valence-corrected chi connectivity index (χ4v) is 1.57. The van der Waals surface area contributed by atoms with E-state index in [2.05, 4.69) is 20.6 Å². The van der Waals surface area contributed by atoms with Crippen LogP contribution in [0.3, 0.4) is 0 Å². The lowest BCUT2D eigenvalue weighted by Gasteiger charge is -2.11. The van der Waals surface area contributed by atoms with E-state index in [4.69, 9.17) is 0 Å². The first-order valence-corrected chi connectivity index (χ1v) is 6.24. The maximum atomic E-state index is 11.7. The van der Waals surface area contributed by atoms with E-state index in [0.29, 0.717) is 12.5 Å². The van der Waals surface area contributed by atoms with Gasteiger partial charge in [-0.2, -0.15) is 0 Å². The number of nitrogens with one attached hydrogen (secondary N) is 2. The fraction of sp³-hybridized carbons (Fsp3) is 0.214. The first-order valence-electron chi connectivity index (χ1n) is 6.24. The number of amides is 2. The summed E-state index contributed by atoms with van der Waals surface area (Å²) in [6.45, 7) is 0.349. The van der Waals surface area contributed by atoms with Gasteiger partial charge in [0.05, 0.1) is 12.2 Å². The number of urea groups is 1. The Morgan fingerprint density at radius 2 is 1.95 bits per heavy atom. The first kappa shape index (κ1) is 13.8. The summed E-state index contributed by atoms with van der Waals surface area (Å²) in [4.78, 5) is 22.0. The number of nitrogens with zero attached hydrogens (tertiary/aromatic N) is 3. The lowest BCUT2D eigenvalue weighted by atomic mass is 10.3. The highest BCUT2D eigenvalue weighted by atomic mass is 16.2. The Morgan fingerprint density at radius 3 is 2.65 bits per heavy atom. The van der Waals surface area contributed by atoms with Crippen molar-refractivity contribution in [2.45, 2.75) is 6.54 Å².